The highest BCUT2D eigenvalue weighted by molar-refractivity contribution is 8.13. The van der Waals surface area contributed by atoms with Crippen molar-refractivity contribution in [3.63, 3.8) is 0 Å². The molecule has 1 aromatic carbocycles. The first-order valence-corrected chi connectivity index (χ1v) is 5.62. The Morgan fingerprint density at radius 2 is 2.20 bits per heavy atom. The first kappa shape index (κ1) is 11.9. The van der Waals surface area contributed by atoms with Crippen LogP contribution in [0.3, 0.4) is 0 Å². The lowest BCUT2D eigenvalue weighted by atomic mass is 10.2. The number of nitrogens with two attached hydrogens (primary N) is 2. The summed E-state index contributed by atoms with van der Waals surface area (Å²) in [6.07, 6.45) is 1.74. The van der Waals surface area contributed by atoms with Gasteiger partial charge >= 0.3 is 0 Å². The van der Waals surface area contributed by atoms with Gasteiger partial charge in [-0.25, -0.2) is 0 Å². The predicted octanol–water partition coefficient (Wildman–Crippen LogP) is 1.74. The van der Waals surface area contributed by atoms with Gasteiger partial charge in [0.25, 0.3) is 5.91 Å². The van der Waals surface area contributed by atoms with E-state index in [0.717, 1.165) is 0 Å². The molecule has 0 aliphatic rings. The Bertz CT molecular complexity index is 420. The first-order valence-electron chi connectivity index (χ1n) is 4.02. The van der Waals surface area contributed by atoms with Crippen molar-refractivity contribution in [2.75, 3.05) is 12.0 Å². The molecule has 0 saturated carbocycles. The Kier molecular flexibility index (Phi) is 3.99. The van der Waals surface area contributed by atoms with Crippen LogP contribution in [0, 0.1) is 0 Å². The lowest BCUT2D eigenvalue weighted by molar-refractivity contribution is 0.100. The quantitative estimate of drug-likeness (QED) is 0.447. The summed E-state index contributed by atoms with van der Waals surface area (Å²) in [5, 5.41) is 0.548. The van der Waals surface area contributed by atoms with Crippen LogP contribution in [-0.2, 0) is 0 Å². The number of rotatable bonds is 1. The molecule has 15 heavy (non-hydrogen) atoms. The highest BCUT2D eigenvalue weighted by Crippen LogP contribution is 2.20. The number of hydrogen-bond donors (Lipinski definition) is 2. The smallest absolute Gasteiger partial charge is 0.279 e. The standard InChI is InChI=1S/C9H10ClN3OS/c1-15-9(12)13-8(14)5-2-3-7(11)6(10)4-5/h2-4H,11H2,1H3,(H2,12,13,14). The minimum absolute atomic E-state index is 0.216. The molecular formula is C9H10ClN3OS. The maximum Gasteiger partial charge on any atom is 0.279 e. The molecule has 4 N–H and O–H groups in total. The van der Waals surface area contributed by atoms with E-state index in [-0.39, 0.29) is 5.17 Å². The molecule has 0 saturated heterocycles. The fraction of sp³-hybridized carbons (Fsp3) is 0.111. The van der Waals surface area contributed by atoms with Crippen molar-refractivity contribution in [1.29, 1.82) is 0 Å². The van der Waals surface area contributed by atoms with Gasteiger partial charge in [0, 0.05) is 5.56 Å². The average molecular weight is 244 g/mol. The molecule has 1 rings (SSSR count). The second-order valence-electron chi connectivity index (χ2n) is 2.70. The number of amides is 1. The van der Waals surface area contributed by atoms with E-state index in [0.29, 0.717) is 16.3 Å². The van der Waals surface area contributed by atoms with Gasteiger partial charge in [0.15, 0.2) is 5.17 Å². The van der Waals surface area contributed by atoms with E-state index in [1.165, 1.54) is 17.8 Å². The largest absolute Gasteiger partial charge is 0.398 e. The molecule has 0 spiro atoms. The summed E-state index contributed by atoms with van der Waals surface area (Å²) >= 11 is 6.97. The summed E-state index contributed by atoms with van der Waals surface area (Å²) in [6.45, 7) is 0. The van der Waals surface area contributed by atoms with E-state index >= 15 is 0 Å². The number of amidine groups is 1. The van der Waals surface area contributed by atoms with Crippen molar-refractivity contribution in [3.8, 4) is 0 Å². The van der Waals surface area contributed by atoms with Crippen LogP contribution in [0.4, 0.5) is 5.69 Å². The van der Waals surface area contributed by atoms with Crippen molar-refractivity contribution >= 4 is 40.1 Å². The molecule has 0 radical (unpaired) electrons. The Hall–Kier alpha value is -1.20. The van der Waals surface area contributed by atoms with Gasteiger partial charge in [-0.15, -0.1) is 0 Å². The second-order valence-corrected chi connectivity index (χ2v) is 3.93. The highest BCUT2D eigenvalue weighted by Gasteiger charge is 2.06. The Morgan fingerprint density at radius 3 is 2.73 bits per heavy atom. The molecule has 0 aromatic heterocycles. The van der Waals surface area contributed by atoms with E-state index < -0.39 is 5.91 Å². The van der Waals surface area contributed by atoms with Crippen LogP contribution in [0.1, 0.15) is 10.4 Å². The number of nitrogens with zero attached hydrogens (tertiary/aromatic N) is 1. The zero-order valence-electron chi connectivity index (χ0n) is 8.03. The van der Waals surface area contributed by atoms with E-state index in [1.807, 2.05) is 0 Å². The predicted molar refractivity (Wildman–Crippen MR) is 65.3 cm³/mol. The molecule has 0 atom stereocenters. The number of halogens is 1. The molecule has 80 valence electrons. The lowest BCUT2D eigenvalue weighted by Gasteiger charge is -2.00. The summed E-state index contributed by atoms with van der Waals surface area (Å²) in [5.74, 6) is -0.427. The van der Waals surface area contributed by atoms with Crippen LogP contribution >= 0.6 is 23.4 Å². The van der Waals surface area contributed by atoms with Gasteiger partial charge in [0.2, 0.25) is 0 Å². The number of aliphatic imine (C=N–C) groups is 1. The summed E-state index contributed by atoms with van der Waals surface area (Å²) in [5.41, 5.74) is 11.7. The first-order chi connectivity index (χ1) is 7.04. The third-order valence-electron chi connectivity index (χ3n) is 1.67. The molecule has 6 heteroatoms. The van der Waals surface area contributed by atoms with Crippen molar-refractivity contribution in [2.24, 2.45) is 10.7 Å². The minimum Gasteiger partial charge on any atom is -0.398 e. The number of carbonyl (C=O) groups excluding carboxylic acids is 1. The Balaban J connectivity index is 2.97. The number of benzene rings is 1. The van der Waals surface area contributed by atoms with Crippen molar-refractivity contribution < 1.29 is 4.79 Å². The van der Waals surface area contributed by atoms with Crippen LogP contribution in [0.5, 0.6) is 0 Å². The number of nitrogen functional groups attached to an aromatic ring is 1. The summed E-state index contributed by atoms with van der Waals surface area (Å²) < 4.78 is 0. The van der Waals surface area contributed by atoms with Crippen LogP contribution in [-0.4, -0.2) is 17.3 Å². The molecule has 0 heterocycles. The van der Waals surface area contributed by atoms with Gasteiger partial charge < -0.3 is 11.5 Å². The number of thioether (sulfide) groups is 1. The molecule has 1 amide bonds. The zero-order valence-corrected chi connectivity index (χ0v) is 9.60. The van der Waals surface area contributed by atoms with Crippen LogP contribution in [0.15, 0.2) is 23.2 Å². The number of hydrogen-bond acceptors (Lipinski definition) is 3. The molecule has 0 aliphatic carbocycles. The van der Waals surface area contributed by atoms with E-state index in [2.05, 4.69) is 4.99 Å². The van der Waals surface area contributed by atoms with Crippen LogP contribution in [0.2, 0.25) is 5.02 Å². The van der Waals surface area contributed by atoms with Gasteiger partial charge in [0.05, 0.1) is 10.7 Å². The van der Waals surface area contributed by atoms with Crippen LogP contribution < -0.4 is 11.5 Å². The molecule has 0 bridgehead atoms. The number of anilines is 1. The fourth-order valence-electron chi connectivity index (χ4n) is 0.870. The highest BCUT2D eigenvalue weighted by atomic mass is 35.5. The molecule has 4 nitrogen and oxygen atoms in total. The van der Waals surface area contributed by atoms with Crippen molar-refractivity contribution in [1.82, 2.24) is 0 Å². The van der Waals surface area contributed by atoms with Crippen molar-refractivity contribution in [3.05, 3.63) is 28.8 Å². The molecule has 0 aliphatic heterocycles. The van der Waals surface area contributed by atoms with Gasteiger partial charge in [-0.2, -0.15) is 4.99 Å². The zero-order chi connectivity index (χ0) is 11.4. The normalized spacial score (nSPS) is 11.5. The molecule has 0 fully saturated rings. The average Bonchev–Trinajstić information content (AvgIpc) is 2.21. The van der Waals surface area contributed by atoms with Crippen molar-refractivity contribution in [2.45, 2.75) is 0 Å². The van der Waals surface area contributed by atoms with E-state index in [4.69, 9.17) is 23.1 Å². The summed E-state index contributed by atoms with van der Waals surface area (Å²) in [7, 11) is 0. The molecule has 1 aromatic rings. The third kappa shape index (κ3) is 3.14. The minimum atomic E-state index is -0.427. The van der Waals surface area contributed by atoms with Gasteiger partial charge in [-0.3, -0.25) is 4.79 Å². The Labute approximate surface area is 96.7 Å². The van der Waals surface area contributed by atoms with Gasteiger partial charge in [0.1, 0.15) is 0 Å². The maximum atomic E-state index is 11.5. The summed E-state index contributed by atoms with van der Waals surface area (Å²) in [4.78, 5) is 15.2. The topological polar surface area (TPSA) is 81.5 Å². The van der Waals surface area contributed by atoms with Gasteiger partial charge in [-0.1, -0.05) is 23.4 Å². The molecule has 0 unspecified atom stereocenters. The third-order valence-corrected chi connectivity index (χ3v) is 2.51. The second kappa shape index (κ2) is 5.04. The monoisotopic (exact) mass is 243 g/mol. The summed E-state index contributed by atoms with van der Waals surface area (Å²) in [6, 6.07) is 4.58. The van der Waals surface area contributed by atoms with Gasteiger partial charge in [-0.05, 0) is 24.5 Å². The molecular weight excluding hydrogens is 234 g/mol. The van der Waals surface area contributed by atoms with E-state index in [1.54, 1.807) is 18.4 Å². The lowest BCUT2D eigenvalue weighted by Crippen LogP contribution is -2.09. The number of carbonyl (C=O) groups is 1. The van der Waals surface area contributed by atoms with E-state index in [9.17, 15) is 4.79 Å². The fourth-order valence-corrected chi connectivity index (χ4v) is 1.23. The SMILES string of the molecule is CSC(N)=NC(=O)c1ccc(N)c(Cl)c1. The van der Waals surface area contributed by atoms with Crippen LogP contribution in [0.25, 0.3) is 0 Å². The Morgan fingerprint density at radius 1 is 1.53 bits per heavy atom. The maximum absolute atomic E-state index is 11.5.